The monoisotopic (exact) mass is 372 g/mol. The van der Waals surface area contributed by atoms with Crippen molar-refractivity contribution in [3.63, 3.8) is 0 Å². The van der Waals surface area contributed by atoms with E-state index in [1.807, 2.05) is 0 Å². The molecule has 0 saturated carbocycles. The number of benzene rings is 1. The Morgan fingerprint density at radius 1 is 1.11 bits per heavy atom. The van der Waals surface area contributed by atoms with E-state index in [2.05, 4.69) is 20.7 Å². The molecule has 0 bridgehead atoms. The summed E-state index contributed by atoms with van der Waals surface area (Å²) >= 11 is 0. The molecule has 142 valence electrons. The molecule has 0 radical (unpaired) electrons. The van der Waals surface area contributed by atoms with Crippen molar-refractivity contribution in [1.29, 1.82) is 0 Å². The Balaban J connectivity index is 1.30. The van der Waals surface area contributed by atoms with Crippen molar-refractivity contribution in [1.82, 2.24) is 25.2 Å². The molecule has 1 aromatic carbocycles. The van der Waals surface area contributed by atoms with Gasteiger partial charge in [-0.15, -0.1) is 10.2 Å². The third kappa shape index (κ3) is 3.76. The SMILES string of the molecule is O=C(Nc1n[nH]nc1C(=O)N1CCCC1)N1CC(Cc2ccc(F)cc2)C1. The Bertz CT molecular complexity index is 825. The summed E-state index contributed by atoms with van der Waals surface area (Å²) in [5, 5.41) is 12.9. The van der Waals surface area contributed by atoms with Crippen molar-refractivity contribution < 1.29 is 14.0 Å². The van der Waals surface area contributed by atoms with E-state index < -0.39 is 0 Å². The van der Waals surface area contributed by atoms with Crippen molar-refractivity contribution in [2.75, 3.05) is 31.5 Å². The number of carbonyl (C=O) groups excluding carboxylic acids is 2. The van der Waals surface area contributed by atoms with E-state index in [4.69, 9.17) is 0 Å². The molecule has 3 heterocycles. The quantitative estimate of drug-likeness (QED) is 0.857. The maximum atomic E-state index is 13.0. The highest BCUT2D eigenvalue weighted by Gasteiger charge is 2.32. The lowest BCUT2D eigenvalue weighted by Crippen LogP contribution is -2.52. The summed E-state index contributed by atoms with van der Waals surface area (Å²) in [7, 11) is 0. The van der Waals surface area contributed by atoms with E-state index in [1.54, 1.807) is 21.9 Å². The average molecular weight is 372 g/mol. The smallest absolute Gasteiger partial charge is 0.323 e. The second-order valence-electron chi connectivity index (χ2n) is 7.05. The zero-order valence-corrected chi connectivity index (χ0v) is 14.8. The molecule has 0 atom stereocenters. The molecular formula is C18H21FN6O2. The van der Waals surface area contributed by atoms with E-state index in [0.29, 0.717) is 32.1 Å². The van der Waals surface area contributed by atoms with E-state index in [0.717, 1.165) is 24.8 Å². The van der Waals surface area contributed by atoms with Crippen molar-refractivity contribution in [3.8, 4) is 0 Å². The third-order valence-corrected chi connectivity index (χ3v) is 5.05. The molecule has 2 aliphatic rings. The predicted molar refractivity (Wildman–Crippen MR) is 95.7 cm³/mol. The summed E-state index contributed by atoms with van der Waals surface area (Å²) in [4.78, 5) is 28.2. The van der Waals surface area contributed by atoms with Crippen LogP contribution in [0, 0.1) is 11.7 Å². The number of halogens is 1. The highest BCUT2D eigenvalue weighted by atomic mass is 19.1. The normalized spacial score (nSPS) is 17.1. The van der Waals surface area contributed by atoms with Gasteiger partial charge >= 0.3 is 6.03 Å². The lowest BCUT2D eigenvalue weighted by molar-refractivity contribution is 0.0788. The van der Waals surface area contributed by atoms with E-state index in [9.17, 15) is 14.0 Å². The number of anilines is 1. The first-order chi connectivity index (χ1) is 13.1. The molecule has 3 amide bonds. The number of rotatable bonds is 4. The molecule has 2 aromatic rings. The Kier molecular flexibility index (Phi) is 4.74. The van der Waals surface area contributed by atoms with Gasteiger partial charge < -0.3 is 9.80 Å². The van der Waals surface area contributed by atoms with Crippen LogP contribution >= 0.6 is 0 Å². The Hall–Kier alpha value is -2.97. The first kappa shape index (κ1) is 17.4. The topological polar surface area (TPSA) is 94.2 Å². The number of carbonyl (C=O) groups is 2. The maximum Gasteiger partial charge on any atom is 0.323 e. The Morgan fingerprint density at radius 2 is 1.81 bits per heavy atom. The molecule has 0 unspecified atom stereocenters. The molecule has 2 saturated heterocycles. The number of amides is 3. The van der Waals surface area contributed by atoms with Gasteiger partial charge in [0.25, 0.3) is 5.91 Å². The van der Waals surface area contributed by atoms with Crippen LogP contribution in [0.25, 0.3) is 0 Å². The van der Waals surface area contributed by atoms with Crippen LogP contribution in [0.1, 0.15) is 28.9 Å². The van der Waals surface area contributed by atoms with Gasteiger partial charge in [0.1, 0.15) is 5.82 Å². The molecule has 27 heavy (non-hydrogen) atoms. The van der Waals surface area contributed by atoms with Gasteiger partial charge in [0, 0.05) is 26.2 Å². The molecule has 0 aliphatic carbocycles. The fraction of sp³-hybridized carbons (Fsp3) is 0.444. The van der Waals surface area contributed by atoms with Crippen LogP contribution in [0.2, 0.25) is 0 Å². The van der Waals surface area contributed by atoms with Crippen LogP contribution < -0.4 is 5.32 Å². The lowest BCUT2D eigenvalue weighted by Gasteiger charge is -2.39. The van der Waals surface area contributed by atoms with Crippen molar-refractivity contribution >= 4 is 17.8 Å². The van der Waals surface area contributed by atoms with Gasteiger partial charge in [-0.2, -0.15) is 5.21 Å². The number of hydrogen-bond acceptors (Lipinski definition) is 4. The zero-order chi connectivity index (χ0) is 18.8. The fourth-order valence-corrected chi connectivity index (χ4v) is 3.54. The highest BCUT2D eigenvalue weighted by molar-refractivity contribution is 6.00. The lowest BCUT2D eigenvalue weighted by atomic mass is 9.92. The molecule has 2 fully saturated rings. The molecular weight excluding hydrogens is 351 g/mol. The minimum atomic E-state index is -0.297. The average Bonchev–Trinajstić information content (AvgIpc) is 3.30. The molecule has 4 rings (SSSR count). The van der Waals surface area contributed by atoms with Crippen LogP contribution in [0.15, 0.2) is 24.3 Å². The molecule has 2 N–H and O–H groups in total. The van der Waals surface area contributed by atoms with Crippen LogP contribution in [-0.4, -0.2) is 63.3 Å². The van der Waals surface area contributed by atoms with E-state index >= 15 is 0 Å². The largest absolute Gasteiger partial charge is 0.337 e. The van der Waals surface area contributed by atoms with Gasteiger partial charge in [-0.1, -0.05) is 12.1 Å². The van der Waals surface area contributed by atoms with Crippen molar-refractivity contribution in [3.05, 3.63) is 41.3 Å². The number of H-pyrrole nitrogens is 1. The summed E-state index contributed by atoms with van der Waals surface area (Å²) in [6.07, 6.45) is 2.76. The zero-order valence-electron chi connectivity index (χ0n) is 14.8. The van der Waals surface area contributed by atoms with E-state index in [1.165, 1.54) is 12.1 Å². The number of hydrogen-bond donors (Lipinski definition) is 2. The number of aromatic amines is 1. The molecule has 1 aromatic heterocycles. The van der Waals surface area contributed by atoms with Crippen molar-refractivity contribution in [2.45, 2.75) is 19.3 Å². The number of urea groups is 1. The van der Waals surface area contributed by atoms with Gasteiger partial charge in [-0.25, -0.2) is 9.18 Å². The first-order valence-electron chi connectivity index (χ1n) is 9.10. The first-order valence-corrected chi connectivity index (χ1v) is 9.10. The minimum absolute atomic E-state index is 0.147. The van der Waals surface area contributed by atoms with Gasteiger partial charge in [0.05, 0.1) is 0 Å². The molecule has 2 aliphatic heterocycles. The van der Waals surface area contributed by atoms with Gasteiger partial charge in [0.15, 0.2) is 11.5 Å². The number of aromatic nitrogens is 3. The number of nitrogens with one attached hydrogen (secondary N) is 2. The van der Waals surface area contributed by atoms with Crippen LogP contribution in [0.5, 0.6) is 0 Å². The number of likely N-dealkylation sites (tertiary alicyclic amines) is 2. The summed E-state index contributed by atoms with van der Waals surface area (Å²) in [5.74, 6) is 0.0395. The molecule has 0 spiro atoms. The summed E-state index contributed by atoms with van der Waals surface area (Å²) in [6.45, 7) is 2.62. The van der Waals surface area contributed by atoms with Gasteiger partial charge in [-0.05, 0) is 42.9 Å². The van der Waals surface area contributed by atoms with Gasteiger partial charge in [0.2, 0.25) is 0 Å². The number of nitrogens with zero attached hydrogens (tertiary/aromatic N) is 4. The standard InChI is InChI=1S/C18H21FN6O2/c19-14-5-3-12(4-6-14)9-13-10-25(11-13)18(27)20-16-15(21-23-22-16)17(26)24-7-1-2-8-24/h3-6,13H,1-2,7-11H2,(H2,20,21,22,23,27). The second-order valence-corrected chi connectivity index (χ2v) is 7.05. The van der Waals surface area contributed by atoms with Crippen LogP contribution in [-0.2, 0) is 6.42 Å². The summed E-state index contributed by atoms with van der Waals surface area (Å²) in [6, 6.07) is 6.13. The fourth-order valence-electron chi connectivity index (χ4n) is 3.54. The summed E-state index contributed by atoms with van der Waals surface area (Å²) < 4.78 is 13.0. The predicted octanol–water partition coefficient (Wildman–Crippen LogP) is 1.89. The highest BCUT2D eigenvalue weighted by Crippen LogP contribution is 2.22. The van der Waals surface area contributed by atoms with Crippen molar-refractivity contribution in [2.24, 2.45) is 5.92 Å². The van der Waals surface area contributed by atoms with Crippen LogP contribution in [0.4, 0.5) is 15.0 Å². The Labute approximate surface area is 155 Å². The van der Waals surface area contributed by atoms with Crippen LogP contribution in [0.3, 0.4) is 0 Å². The summed E-state index contributed by atoms with van der Waals surface area (Å²) in [5.41, 5.74) is 1.20. The Morgan fingerprint density at radius 3 is 2.52 bits per heavy atom. The van der Waals surface area contributed by atoms with E-state index in [-0.39, 0.29) is 29.3 Å². The second kappa shape index (κ2) is 7.34. The maximum absolute atomic E-state index is 13.0. The van der Waals surface area contributed by atoms with Gasteiger partial charge in [-0.3, -0.25) is 10.1 Å². The third-order valence-electron chi connectivity index (χ3n) is 5.05. The molecule has 8 nitrogen and oxygen atoms in total. The molecule has 9 heteroatoms. The minimum Gasteiger partial charge on any atom is -0.337 e.